The van der Waals surface area contributed by atoms with Crippen molar-refractivity contribution < 1.29 is 0 Å². The van der Waals surface area contributed by atoms with Crippen LogP contribution in [0.1, 0.15) is 42.2 Å². The van der Waals surface area contributed by atoms with Gasteiger partial charge in [0.2, 0.25) is 0 Å². The van der Waals surface area contributed by atoms with E-state index in [1.807, 2.05) is 6.92 Å². The van der Waals surface area contributed by atoms with Crippen LogP contribution < -0.4 is 0 Å². The first kappa shape index (κ1) is 11.7. The van der Waals surface area contributed by atoms with Gasteiger partial charge >= 0.3 is 0 Å². The molecule has 86 valence electrons. The third-order valence-corrected chi connectivity index (χ3v) is 4.10. The van der Waals surface area contributed by atoms with E-state index in [4.69, 9.17) is 0 Å². The topological polar surface area (TPSA) is 25.8 Å². The molecule has 0 atom stereocenters. The molecule has 2 heterocycles. The maximum atomic E-state index is 4.67. The van der Waals surface area contributed by atoms with Crippen molar-refractivity contribution in [1.82, 2.24) is 9.97 Å². The Labute approximate surface area is 104 Å². The van der Waals surface area contributed by atoms with Gasteiger partial charge in [-0.05, 0) is 6.92 Å². The Morgan fingerprint density at radius 1 is 1.06 bits per heavy atom. The first-order chi connectivity index (χ1) is 7.45. The Morgan fingerprint density at radius 3 is 2.19 bits per heavy atom. The molecule has 2 aromatic rings. The van der Waals surface area contributed by atoms with Crippen molar-refractivity contribution in [1.29, 1.82) is 0 Å². The summed E-state index contributed by atoms with van der Waals surface area (Å²) in [4.78, 5) is 9.13. The summed E-state index contributed by atoms with van der Waals surface area (Å²) in [5.74, 6) is 0. The highest BCUT2D eigenvalue weighted by molar-refractivity contribution is 7.11. The van der Waals surface area contributed by atoms with Gasteiger partial charge in [-0.3, -0.25) is 0 Å². The van der Waals surface area contributed by atoms with Crippen LogP contribution in [0.5, 0.6) is 0 Å². The zero-order chi connectivity index (χ0) is 11.8. The summed E-state index contributed by atoms with van der Waals surface area (Å²) in [5.41, 5.74) is 2.43. The number of aromatic nitrogens is 2. The molecule has 0 N–H and O–H groups in total. The van der Waals surface area contributed by atoms with Gasteiger partial charge in [-0.1, -0.05) is 20.8 Å². The fourth-order valence-corrected chi connectivity index (χ4v) is 3.24. The van der Waals surface area contributed by atoms with E-state index in [0.717, 1.165) is 17.1 Å². The van der Waals surface area contributed by atoms with E-state index in [2.05, 4.69) is 41.5 Å². The van der Waals surface area contributed by atoms with Gasteiger partial charge < -0.3 is 0 Å². The number of aryl methyl sites for hydroxylation is 1. The third-order valence-electron chi connectivity index (χ3n) is 2.29. The van der Waals surface area contributed by atoms with Gasteiger partial charge in [-0.15, -0.1) is 22.7 Å². The summed E-state index contributed by atoms with van der Waals surface area (Å²) in [6, 6.07) is 0. The normalized spacial score (nSPS) is 12.0. The van der Waals surface area contributed by atoms with Gasteiger partial charge in [-0.25, -0.2) is 9.97 Å². The Kier molecular flexibility index (Phi) is 3.13. The van der Waals surface area contributed by atoms with E-state index >= 15 is 0 Å². The minimum atomic E-state index is 0.146. The van der Waals surface area contributed by atoms with Crippen LogP contribution in [-0.2, 0) is 11.8 Å². The molecule has 0 saturated heterocycles. The number of nitrogens with zero attached hydrogens (tertiary/aromatic N) is 2. The third kappa shape index (κ3) is 2.68. The Hall–Kier alpha value is -0.740. The molecule has 0 aromatic carbocycles. The molecule has 0 amide bonds. The zero-order valence-electron chi connectivity index (χ0n) is 10.1. The molecule has 0 radical (unpaired) electrons. The highest BCUT2D eigenvalue weighted by Crippen LogP contribution is 2.25. The Bertz CT molecular complexity index is 477. The summed E-state index contributed by atoms with van der Waals surface area (Å²) in [6.07, 6.45) is 0.874. The van der Waals surface area contributed by atoms with Gasteiger partial charge in [0, 0.05) is 21.9 Å². The van der Waals surface area contributed by atoms with Crippen LogP contribution in [0.3, 0.4) is 0 Å². The monoisotopic (exact) mass is 252 g/mol. The molecule has 0 fully saturated rings. The molecule has 2 nitrogen and oxygen atoms in total. The maximum Gasteiger partial charge on any atom is 0.0996 e. The molecular formula is C12H16N2S2. The molecule has 2 rings (SSSR count). The van der Waals surface area contributed by atoms with Crippen LogP contribution in [0.15, 0.2) is 10.8 Å². The molecule has 0 spiro atoms. The second-order valence-electron chi connectivity index (χ2n) is 4.94. The van der Waals surface area contributed by atoms with Gasteiger partial charge in [0.1, 0.15) is 0 Å². The second kappa shape index (κ2) is 4.26. The number of thiazole rings is 2. The van der Waals surface area contributed by atoms with Crippen molar-refractivity contribution in [2.45, 2.75) is 39.5 Å². The number of hydrogen-bond acceptors (Lipinski definition) is 4. The van der Waals surface area contributed by atoms with Gasteiger partial charge in [0.15, 0.2) is 0 Å². The number of hydrogen-bond donors (Lipinski definition) is 0. The van der Waals surface area contributed by atoms with E-state index in [-0.39, 0.29) is 5.41 Å². The molecule has 4 heteroatoms. The first-order valence-corrected chi connectivity index (χ1v) is 7.07. The predicted octanol–water partition coefficient (Wildman–Crippen LogP) is 3.80. The van der Waals surface area contributed by atoms with E-state index in [9.17, 15) is 0 Å². The lowest BCUT2D eigenvalue weighted by Crippen LogP contribution is -2.11. The second-order valence-corrected chi connectivity index (χ2v) is 6.82. The standard InChI is InChI=1S/C12H16N2S2/c1-8-6-15-10(13-8)5-11-14-9(7-16-11)12(2,3)4/h6-7H,5H2,1-4H3. The van der Waals surface area contributed by atoms with Crippen LogP contribution in [0.4, 0.5) is 0 Å². The fourth-order valence-electron chi connectivity index (χ4n) is 1.35. The molecule has 0 aliphatic carbocycles. The maximum absolute atomic E-state index is 4.67. The zero-order valence-corrected chi connectivity index (χ0v) is 11.7. The van der Waals surface area contributed by atoms with Gasteiger partial charge in [-0.2, -0.15) is 0 Å². The van der Waals surface area contributed by atoms with E-state index in [0.29, 0.717) is 0 Å². The molecule has 0 aliphatic heterocycles. The Balaban J connectivity index is 2.14. The summed E-state index contributed by atoms with van der Waals surface area (Å²) in [5, 5.41) is 6.58. The van der Waals surface area contributed by atoms with E-state index < -0.39 is 0 Å². The molecule has 0 unspecified atom stereocenters. The van der Waals surface area contributed by atoms with Crippen LogP contribution in [0.25, 0.3) is 0 Å². The first-order valence-electron chi connectivity index (χ1n) is 5.31. The van der Waals surface area contributed by atoms with Crippen molar-refractivity contribution in [2.24, 2.45) is 0 Å². The van der Waals surface area contributed by atoms with Crippen molar-refractivity contribution >= 4 is 22.7 Å². The van der Waals surface area contributed by atoms with Gasteiger partial charge in [0.05, 0.1) is 22.1 Å². The average molecular weight is 252 g/mol. The largest absolute Gasteiger partial charge is 0.246 e. The summed E-state index contributed by atoms with van der Waals surface area (Å²) in [6.45, 7) is 8.61. The molecule has 0 saturated carbocycles. The van der Waals surface area contributed by atoms with Crippen molar-refractivity contribution in [3.05, 3.63) is 32.2 Å². The highest BCUT2D eigenvalue weighted by atomic mass is 32.1. The lowest BCUT2D eigenvalue weighted by Gasteiger charge is -2.14. The van der Waals surface area contributed by atoms with E-state index in [1.54, 1.807) is 22.7 Å². The van der Waals surface area contributed by atoms with Crippen molar-refractivity contribution in [3.63, 3.8) is 0 Å². The van der Waals surface area contributed by atoms with Crippen molar-refractivity contribution in [2.75, 3.05) is 0 Å². The smallest absolute Gasteiger partial charge is 0.0996 e. The molecular weight excluding hydrogens is 236 g/mol. The highest BCUT2D eigenvalue weighted by Gasteiger charge is 2.17. The summed E-state index contributed by atoms with van der Waals surface area (Å²) >= 11 is 3.45. The van der Waals surface area contributed by atoms with Crippen LogP contribution in [-0.4, -0.2) is 9.97 Å². The Morgan fingerprint density at radius 2 is 1.69 bits per heavy atom. The summed E-state index contributed by atoms with van der Waals surface area (Å²) in [7, 11) is 0. The lowest BCUT2D eigenvalue weighted by atomic mass is 9.93. The van der Waals surface area contributed by atoms with Crippen LogP contribution in [0.2, 0.25) is 0 Å². The van der Waals surface area contributed by atoms with Crippen LogP contribution >= 0.6 is 22.7 Å². The SMILES string of the molecule is Cc1csc(Cc2nc(C(C)(C)C)cs2)n1. The molecule has 2 aromatic heterocycles. The quantitative estimate of drug-likeness (QED) is 0.812. The number of rotatable bonds is 2. The molecule has 16 heavy (non-hydrogen) atoms. The molecule has 0 aliphatic rings. The fraction of sp³-hybridized carbons (Fsp3) is 0.500. The van der Waals surface area contributed by atoms with Crippen molar-refractivity contribution in [3.8, 4) is 0 Å². The van der Waals surface area contributed by atoms with E-state index in [1.165, 1.54) is 10.7 Å². The lowest BCUT2D eigenvalue weighted by molar-refractivity contribution is 0.571. The van der Waals surface area contributed by atoms with Crippen LogP contribution in [0, 0.1) is 6.92 Å². The predicted molar refractivity (Wildman–Crippen MR) is 70.5 cm³/mol. The minimum absolute atomic E-state index is 0.146. The average Bonchev–Trinajstić information content (AvgIpc) is 2.74. The molecule has 0 bridgehead atoms. The minimum Gasteiger partial charge on any atom is -0.246 e. The summed E-state index contributed by atoms with van der Waals surface area (Å²) < 4.78 is 0. The van der Waals surface area contributed by atoms with Gasteiger partial charge in [0.25, 0.3) is 0 Å².